The van der Waals surface area contributed by atoms with Gasteiger partial charge < -0.3 is 5.11 Å². The number of hydrogen-bond donors (Lipinski definition) is 2. The monoisotopic (exact) mass is 304 g/mol. The maximum Gasteiger partial charge on any atom is 0.151 e. The van der Waals surface area contributed by atoms with Crippen molar-refractivity contribution in [2.45, 2.75) is 26.7 Å². The highest BCUT2D eigenvalue weighted by molar-refractivity contribution is 6.29. The number of halogens is 1. The van der Waals surface area contributed by atoms with Crippen LogP contribution in [0.2, 0.25) is 5.15 Å². The number of anilines is 1. The summed E-state index contributed by atoms with van der Waals surface area (Å²) in [6.45, 7) is 5.99. The van der Waals surface area contributed by atoms with Crippen LogP contribution >= 0.6 is 11.6 Å². The van der Waals surface area contributed by atoms with E-state index in [0.717, 1.165) is 11.1 Å². The van der Waals surface area contributed by atoms with E-state index in [9.17, 15) is 5.11 Å². The summed E-state index contributed by atoms with van der Waals surface area (Å²) in [5.74, 6) is 1.02. The first-order chi connectivity index (χ1) is 9.99. The molecule has 0 aliphatic heterocycles. The molecule has 0 amide bonds. The second-order valence-electron chi connectivity index (χ2n) is 4.98. The molecule has 5 nitrogen and oxygen atoms in total. The van der Waals surface area contributed by atoms with Crippen LogP contribution in [0.1, 0.15) is 36.5 Å². The highest BCUT2D eigenvalue weighted by atomic mass is 35.5. The summed E-state index contributed by atoms with van der Waals surface area (Å²) in [4.78, 5) is 7.78. The van der Waals surface area contributed by atoms with E-state index in [2.05, 4.69) is 34.3 Å². The predicted octanol–water partition coefficient (Wildman–Crippen LogP) is 3.71. The van der Waals surface area contributed by atoms with Crippen molar-refractivity contribution in [3.63, 3.8) is 0 Å². The molecule has 1 heterocycles. The van der Waals surface area contributed by atoms with Crippen LogP contribution < -0.4 is 5.43 Å². The van der Waals surface area contributed by atoms with E-state index in [1.165, 1.54) is 6.33 Å². The molecule has 6 heteroatoms. The lowest BCUT2D eigenvalue weighted by Gasteiger charge is -2.12. The fraction of sp³-hybridized carbons (Fsp3) is 0.267. The van der Waals surface area contributed by atoms with Crippen LogP contribution in [0.15, 0.2) is 29.6 Å². The summed E-state index contributed by atoms with van der Waals surface area (Å²) in [5.41, 5.74) is 5.32. The Morgan fingerprint density at radius 2 is 2.10 bits per heavy atom. The van der Waals surface area contributed by atoms with Gasteiger partial charge in [0.1, 0.15) is 17.2 Å². The quantitative estimate of drug-likeness (QED) is 0.513. The Kier molecular flexibility index (Phi) is 4.75. The Morgan fingerprint density at radius 3 is 2.76 bits per heavy atom. The van der Waals surface area contributed by atoms with Gasteiger partial charge in [-0.15, -0.1) is 0 Å². The standard InChI is InChI=1S/C15H17ClN4O/c1-9(2)11-5-4-10(3)15(21)12(11)7-19-20-14-6-13(16)17-8-18-14/h4-9,21H,1-3H3,(H,17,18,20)/b19-7+. The fourth-order valence-corrected chi connectivity index (χ4v) is 2.08. The van der Waals surface area contributed by atoms with Crippen LogP contribution in [0.25, 0.3) is 0 Å². The van der Waals surface area contributed by atoms with Crippen molar-refractivity contribution < 1.29 is 5.11 Å². The highest BCUT2D eigenvalue weighted by Crippen LogP contribution is 2.28. The Balaban J connectivity index is 2.26. The van der Waals surface area contributed by atoms with Gasteiger partial charge in [0.05, 0.1) is 6.21 Å². The van der Waals surface area contributed by atoms with Gasteiger partial charge in [0.25, 0.3) is 0 Å². The number of phenolic OH excluding ortho intramolecular Hbond substituents is 1. The molecule has 0 aliphatic carbocycles. The topological polar surface area (TPSA) is 70.4 Å². The molecular weight excluding hydrogens is 288 g/mol. The number of nitrogens with one attached hydrogen (secondary N) is 1. The molecule has 0 saturated heterocycles. The van der Waals surface area contributed by atoms with Gasteiger partial charge >= 0.3 is 0 Å². The molecule has 2 rings (SSSR count). The minimum atomic E-state index is 0.243. The maximum absolute atomic E-state index is 10.2. The van der Waals surface area contributed by atoms with Crippen LogP contribution in [0.3, 0.4) is 0 Å². The Hall–Kier alpha value is -2.14. The first kappa shape index (κ1) is 15.3. The lowest BCUT2D eigenvalue weighted by molar-refractivity contribution is 0.469. The van der Waals surface area contributed by atoms with Gasteiger partial charge in [-0.2, -0.15) is 5.10 Å². The zero-order valence-corrected chi connectivity index (χ0v) is 12.9. The van der Waals surface area contributed by atoms with E-state index in [0.29, 0.717) is 16.5 Å². The van der Waals surface area contributed by atoms with E-state index in [1.54, 1.807) is 12.3 Å². The number of benzene rings is 1. The summed E-state index contributed by atoms with van der Waals surface area (Å²) in [6, 6.07) is 5.47. The van der Waals surface area contributed by atoms with E-state index in [4.69, 9.17) is 11.6 Å². The van der Waals surface area contributed by atoms with Crippen molar-refractivity contribution in [2.75, 3.05) is 5.43 Å². The average Bonchev–Trinajstić information content (AvgIpc) is 2.43. The Morgan fingerprint density at radius 1 is 1.33 bits per heavy atom. The third-order valence-electron chi connectivity index (χ3n) is 3.08. The highest BCUT2D eigenvalue weighted by Gasteiger charge is 2.11. The number of rotatable bonds is 4. The van der Waals surface area contributed by atoms with Crippen LogP contribution in [0.5, 0.6) is 5.75 Å². The van der Waals surface area contributed by atoms with Gasteiger partial charge in [0, 0.05) is 11.6 Å². The molecule has 2 N–H and O–H groups in total. The number of nitrogens with zero attached hydrogens (tertiary/aromatic N) is 3. The van der Waals surface area contributed by atoms with Gasteiger partial charge in [0.2, 0.25) is 0 Å². The fourth-order valence-electron chi connectivity index (χ4n) is 1.93. The zero-order valence-electron chi connectivity index (χ0n) is 12.1. The van der Waals surface area contributed by atoms with Gasteiger partial charge in [-0.3, -0.25) is 5.43 Å². The molecule has 110 valence electrons. The number of hydrazone groups is 1. The second kappa shape index (κ2) is 6.54. The lowest BCUT2D eigenvalue weighted by atomic mass is 9.95. The average molecular weight is 305 g/mol. The molecule has 2 aromatic rings. The van der Waals surface area contributed by atoms with Crippen LogP contribution in [-0.2, 0) is 0 Å². The summed E-state index contributed by atoms with van der Waals surface area (Å²) in [7, 11) is 0. The van der Waals surface area contributed by atoms with Crippen molar-refractivity contribution >= 4 is 23.6 Å². The third-order valence-corrected chi connectivity index (χ3v) is 3.29. The minimum Gasteiger partial charge on any atom is -0.507 e. The first-order valence-corrected chi connectivity index (χ1v) is 6.96. The molecule has 0 fully saturated rings. The summed E-state index contributed by atoms with van der Waals surface area (Å²) in [6.07, 6.45) is 2.94. The van der Waals surface area contributed by atoms with Crippen molar-refractivity contribution in [3.8, 4) is 5.75 Å². The van der Waals surface area contributed by atoms with Crippen LogP contribution in [0, 0.1) is 6.92 Å². The van der Waals surface area contributed by atoms with Crippen molar-refractivity contribution in [1.29, 1.82) is 0 Å². The third kappa shape index (κ3) is 3.70. The van der Waals surface area contributed by atoms with Gasteiger partial charge in [0.15, 0.2) is 5.82 Å². The normalized spacial score (nSPS) is 11.3. The molecule has 1 aromatic heterocycles. The van der Waals surface area contributed by atoms with Crippen molar-refractivity contribution in [2.24, 2.45) is 5.10 Å². The first-order valence-electron chi connectivity index (χ1n) is 6.58. The molecule has 0 spiro atoms. The van der Waals surface area contributed by atoms with E-state index < -0.39 is 0 Å². The molecular formula is C15H17ClN4O. The van der Waals surface area contributed by atoms with E-state index in [-0.39, 0.29) is 11.7 Å². The molecule has 21 heavy (non-hydrogen) atoms. The van der Waals surface area contributed by atoms with E-state index in [1.807, 2.05) is 19.1 Å². The largest absolute Gasteiger partial charge is 0.507 e. The van der Waals surface area contributed by atoms with Crippen molar-refractivity contribution in [1.82, 2.24) is 9.97 Å². The van der Waals surface area contributed by atoms with Crippen LogP contribution in [0.4, 0.5) is 5.82 Å². The number of hydrogen-bond acceptors (Lipinski definition) is 5. The van der Waals surface area contributed by atoms with Gasteiger partial charge in [-0.25, -0.2) is 9.97 Å². The predicted molar refractivity (Wildman–Crippen MR) is 85.2 cm³/mol. The molecule has 0 aliphatic rings. The van der Waals surface area contributed by atoms with Gasteiger partial charge in [-0.05, 0) is 24.0 Å². The number of aromatic hydroxyl groups is 1. The smallest absolute Gasteiger partial charge is 0.151 e. The SMILES string of the molecule is Cc1ccc(C(C)C)c(/C=N/Nc2cc(Cl)ncn2)c1O. The molecule has 0 radical (unpaired) electrons. The summed E-state index contributed by atoms with van der Waals surface area (Å²) >= 11 is 5.77. The minimum absolute atomic E-state index is 0.243. The Bertz CT molecular complexity index is 671. The number of aryl methyl sites for hydroxylation is 1. The maximum atomic E-state index is 10.2. The Labute approximate surface area is 128 Å². The number of phenols is 1. The lowest BCUT2D eigenvalue weighted by Crippen LogP contribution is -2.00. The molecule has 0 unspecified atom stereocenters. The molecule has 0 saturated carbocycles. The van der Waals surface area contributed by atoms with Crippen molar-refractivity contribution in [3.05, 3.63) is 46.4 Å². The number of aromatic nitrogens is 2. The molecule has 0 bridgehead atoms. The van der Waals surface area contributed by atoms with Gasteiger partial charge in [-0.1, -0.05) is 37.6 Å². The zero-order chi connectivity index (χ0) is 15.4. The molecule has 1 aromatic carbocycles. The summed E-state index contributed by atoms with van der Waals surface area (Å²) in [5, 5.41) is 14.7. The summed E-state index contributed by atoms with van der Waals surface area (Å²) < 4.78 is 0. The molecule has 0 atom stereocenters. The van der Waals surface area contributed by atoms with Crippen LogP contribution in [-0.4, -0.2) is 21.3 Å². The second-order valence-corrected chi connectivity index (χ2v) is 5.37. The van der Waals surface area contributed by atoms with E-state index >= 15 is 0 Å².